The van der Waals surface area contributed by atoms with Crippen LogP contribution in [0.2, 0.25) is 0 Å². The van der Waals surface area contributed by atoms with E-state index in [1.807, 2.05) is 0 Å². The highest BCUT2D eigenvalue weighted by Gasteiger charge is 2.50. The van der Waals surface area contributed by atoms with Crippen molar-refractivity contribution >= 4 is 74.9 Å². The van der Waals surface area contributed by atoms with Gasteiger partial charge in [-0.25, -0.2) is 28.6 Å². The van der Waals surface area contributed by atoms with Gasteiger partial charge in [-0.05, 0) is 13.0 Å². The number of anilines is 1. The van der Waals surface area contributed by atoms with Crippen molar-refractivity contribution < 1.29 is 85.3 Å². The van der Waals surface area contributed by atoms with Crippen LogP contribution in [0.4, 0.5) is 5.82 Å². The van der Waals surface area contributed by atoms with E-state index in [1.54, 1.807) is 6.92 Å². The molecule has 0 saturated carbocycles. The fraction of sp³-hybridized carbons (Fsp3) is 0.577. The number of imidazole rings is 1. The number of fused-ring (bicyclic) bond motifs is 1. The molecule has 1 saturated heterocycles. The first-order chi connectivity index (χ1) is 25.5. The topological polar surface area (TPSA) is 381 Å². The van der Waals surface area contributed by atoms with Crippen molar-refractivity contribution in [3.05, 3.63) is 24.8 Å². The molecule has 0 radical (unpaired) electrons. The summed E-state index contributed by atoms with van der Waals surface area (Å²) in [4.78, 5) is 98.4. The van der Waals surface area contributed by atoms with E-state index < -0.39 is 95.5 Å². The van der Waals surface area contributed by atoms with Crippen molar-refractivity contribution in [1.29, 1.82) is 0 Å². The molecule has 3 heterocycles. The highest BCUT2D eigenvalue weighted by Crippen LogP contribution is 2.61. The van der Waals surface area contributed by atoms with Crippen LogP contribution in [0.1, 0.15) is 33.4 Å². The monoisotopic (exact) mass is 863 g/mol. The van der Waals surface area contributed by atoms with Crippen molar-refractivity contribution in [3.63, 3.8) is 0 Å². The lowest BCUT2D eigenvalue weighted by molar-refractivity contribution is -0.137. The van der Waals surface area contributed by atoms with Crippen LogP contribution in [-0.2, 0) is 55.5 Å². The van der Waals surface area contributed by atoms with Crippen LogP contribution in [0.3, 0.4) is 0 Å². The maximum Gasteiger partial charge on any atom is 0.481 e. The number of phosphoric ester groups is 3. The molecule has 2 aromatic rings. The number of nitrogens with two attached hydrogens (primary N) is 1. The number of hydrogen-bond donors (Lipinski definition) is 9. The normalized spacial score (nSPS) is 21.9. The van der Waals surface area contributed by atoms with E-state index in [-0.39, 0.29) is 42.2 Å². The number of hydrogen-bond acceptors (Lipinski definition) is 19. The molecule has 10 N–H and O–H groups in total. The van der Waals surface area contributed by atoms with Gasteiger partial charge in [-0.3, -0.25) is 37.3 Å². The molecule has 55 heavy (non-hydrogen) atoms. The SMILES string of the molecule is CC=CC(=O)C(=O)SCCNC(=O)CCNC(=O)[C@H](O)C(C)(C)COP(=O)(O)OP(=O)(O)OC[C@H]1O[C@@H](n2cnc3c(N)ncnc32)[C@H](O)[C@@H]1OP(=O)(O)O. The molecule has 2 unspecified atom stereocenters. The number of allylic oxidation sites excluding steroid dienone is 2. The van der Waals surface area contributed by atoms with Crippen molar-refractivity contribution in [1.82, 2.24) is 30.2 Å². The summed E-state index contributed by atoms with van der Waals surface area (Å²) in [5.74, 6) is -2.15. The first-order valence-electron chi connectivity index (χ1n) is 15.7. The molecule has 2 amide bonds. The van der Waals surface area contributed by atoms with Crippen LogP contribution >= 0.6 is 35.2 Å². The first-order valence-corrected chi connectivity index (χ1v) is 21.2. The summed E-state index contributed by atoms with van der Waals surface area (Å²) >= 11 is 0.717. The molecule has 1 fully saturated rings. The van der Waals surface area contributed by atoms with Gasteiger partial charge in [0, 0.05) is 30.7 Å². The summed E-state index contributed by atoms with van der Waals surface area (Å²) in [6, 6.07) is 0. The van der Waals surface area contributed by atoms with E-state index in [4.69, 9.17) is 19.5 Å². The second-order valence-electron chi connectivity index (χ2n) is 12.1. The predicted octanol–water partition coefficient (Wildman–Crippen LogP) is -1.19. The summed E-state index contributed by atoms with van der Waals surface area (Å²) in [6.07, 6.45) is -4.53. The zero-order chi connectivity index (χ0) is 41.4. The second-order valence-corrected chi connectivity index (χ2v) is 17.4. The molecule has 308 valence electrons. The van der Waals surface area contributed by atoms with E-state index in [9.17, 15) is 62.7 Å². The summed E-state index contributed by atoms with van der Waals surface area (Å²) in [6.45, 7) is 1.78. The second kappa shape index (κ2) is 19.4. The Kier molecular flexibility index (Phi) is 16.4. The number of amides is 2. The van der Waals surface area contributed by atoms with Gasteiger partial charge in [-0.15, -0.1) is 0 Å². The number of phosphoric acid groups is 3. The lowest BCUT2D eigenvalue weighted by atomic mass is 9.87. The number of carbonyl (C=O) groups excluding carboxylic acids is 4. The lowest BCUT2D eigenvalue weighted by Crippen LogP contribution is -2.46. The van der Waals surface area contributed by atoms with Crippen molar-refractivity contribution in [2.75, 3.05) is 37.8 Å². The third-order valence-electron chi connectivity index (χ3n) is 7.25. The molecule has 3 rings (SSSR count). The van der Waals surface area contributed by atoms with E-state index in [0.29, 0.717) is 0 Å². The van der Waals surface area contributed by atoms with Gasteiger partial charge in [0.15, 0.2) is 17.7 Å². The average Bonchev–Trinajstić information content (AvgIpc) is 3.64. The first kappa shape index (κ1) is 46.4. The van der Waals surface area contributed by atoms with Crippen LogP contribution in [0, 0.1) is 5.41 Å². The third-order valence-corrected chi connectivity index (χ3v) is 11.2. The summed E-state index contributed by atoms with van der Waals surface area (Å²) in [5.41, 5.74) is 4.21. The Bertz CT molecular complexity index is 1890. The van der Waals surface area contributed by atoms with Crippen LogP contribution < -0.4 is 16.4 Å². The highest BCUT2D eigenvalue weighted by molar-refractivity contribution is 8.15. The molecule has 0 bridgehead atoms. The maximum absolute atomic E-state index is 12.6. The number of ketones is 1. The largest absolute Gasteiger partial charge is 0.481 e. The quantitative estimate of drug-likeness (QED) is 0.0308. The molecule has 25 nitrogen and oxygen atoms in total. The van der Waals surface area contributed by atoms with Crippen LogP contribution in [0.5, 0.6) is 0 Å². The zero-order valence-electron chi connectivity index (χ0n) is 29.1. The standard InChI is InChI=1S/C26H40N7O18P3S/c1-4-5-14(34)25(39)55-9-8-28-16(35)6-7-29-23(38)20(37)26(2,3)11-48-54(45,46)51-53(43,44)47-10-15-19(50-52(40,41)42)18(36)24(49-15)33-13-32-17-21(27)30-12-31-22(17)33/h4-5,12-13,15,18-20,24,36-37H,6-11H2,1-3H3,(H,28,35)(H,29,38)(H,43,44)(H,45,46)(H2,27,30,31)(H2,40,41,42)/t15-,18-,19-,20+,24-/m1/s1. The van der Waals surface area contributed by atoms with Crippen molar-refractivity contribution in [3.8, 4) is 0 Å². The number of rotatable bonds is 21. The van der Waals surface area contributed by atoms with Gasteiger partial charge in [-0.1, -0.05) is 31.7 Å². The fourth-order valence-electron chi connectivity index (χ4n) is 4.56. The Hall–Kier alpha value is -3.03. The van der Waals surface area contributed by atoms with Crippen LogP contribution in [0.25, 0.3) is 11.2 Å². The Balaban J connectivity index is 1.50. The molecule has 1 aliphatic rings. The van der Waals surface area contributed by atoms with E-state index in [0.717, 1.165) is 35.1 Å². The average molecular weight is 864 g/mol. The molecule has 2 aromatic heterocycles. The van der Waals surface area contributed by atoms with Crippen LogP contribution in [0.15, 0.2) is 24.8 Å². The van der Waals surface area contributed by atoms with Crippen molar-refractivity contribution in [2.24, 2.45) is 5.41 Å². The van der Waals surface area contributed by atoms with E-state index >= 15 is 0 Å². The highest BCUT2D eigenvalue weighted by atomic mass is 32.2. The Morgan fingerprint density at radius 2 is 1.75 bits per heavy atom. The minimum atomic E-state index is -5.58. The molecule has 29 heteroatoms. The maximum atomic E-state index is 12.6. The van der Waals surface area contributed by atoms with Gasteiger partial charge in [0.2, 0.25) is 17.6 Å². The van der Waals surface area contributed by atoms with E-state index in [2.05, 4.69) is 34.4 Å². The molecule has 0 spiro atoms. The summed E-state index contributed by atoms with van der Waals surface area (Å²) < 4.78 is 61.9. The Labute approximate surface area is 315 Å². The van der Waals surface area contributed by atoms with Crippen LogP contribution in [-0.4, -0.2) is 128 Å². The van der Waals surface area contributed by atoms with Gasteiger partial charge >= 0.3 is 23.5 Å². The number of nitrogen functional groups attached to an aromatic ring is 1. The minimum absolute atomic E-state index is 0.0223. The number of nitrogens with zero attached hydrogens (tertiary/aromatic N) is 4. The third kappa shape index (κ3) is 13.8. The number of nitrogens with one attached hydrogen (secondary N) is 2. The van der Waals surface area contributed by atoms with Gasteiger partial charge < -0.3 is 50.9 Å². The molecule has 0 aliphatic carbocycles. The molecule has 1 aliphatic heterocycles. The number of carbonyl (C=O) groups is 4. The number of ether oxygens (including phenoxy) is 1. The van der Waals surface area contributed by atoms with Gasteiger partial charge in [0.1, 0.15) is 36.3 Å². The molecular weight excluding hydrogens is 823 g/mol. The molecule has 7 atom stereocenters. The minimum Gasteiger partial charge on any atom is -0.386 e. The molecule has 0 aromatic carbocycles. The zero-order valence-corrected chi connectivity index (χ0v) is 32.6. The number of aliphatic hydroxyl groups is 2. The predicted molar refractivity (Wildman–Crippen MR) is 187 cm³/mol. The Morgan fingerprint density at radius 3 is 2.40 bits per heavy atom. The van der Waals surface area contributed by atoms with Crippen molar-refractivity contribution in [2.45, 2.75) is 57.8 Å². The smallest absolute Gasteiger partial charge is 0.386 e. The number of aliphatic hydroxyl groups excluding tert-OH is 2. The number of aromatic nitrogens is 4. The van der Waals surface area contributed by atoms with Gasteiger partial charge in [0.25, 0.3) is 5.12 Å². The van der Waals surface area contributed by atoms with Gasteiger partial charge in [0.05, 0.1) is 19.5 Å². The Morgan fingerprint density at radius 1 is 1.07 bits per heavy atom. The fourth-order valence-corrected chi connectivity index (χ4v) is 7.99. The van der Waals surface area contributed by atoms with Gasteiger partial charge in [-0.2, -0.15) is 4.31 Å². The van der Waals surface area contributed by atoms with E-state index in [1.165, 1.54) is 19.9 Å². The summed E-state index contributed by atoms with van der Waals surface area (Å²) in [5, 5.41) is 25.5. The number of thioether (sulfide) groups is 1. The molecular formula is C26H40N7O18P3S. The lowest BCUT2D eigenvalue weighted by Gasteiger charge is -2.30. The summed E-state index contributed by atoms with van der Waals surface area (Å²) in [7, 11) is -16.4.